The number of hydrogen-bond acceptors (Lipinski definition) is 4. The van der Waals surface area contributed by atoms with Gasteiger partial charge in [-0.3, -0.25) is 4.79 Å². The minimum atomic E-state index is -0.792. The Bertz CT molecular complexity index is 266. The van der Waals surface area contributed by atoms with Gasteiger partial charge in [-0.25, -0.2) is 0 Å². The first-order valence-corrected chi connectivity index (χ1v) is 5.99. The molecule has 0 saturated carbocycles. The van der Waals surface area contributed by atoms with Gasteiger partial charge in [0.15, 0.2) is 0 Å². The van der Waals surface area contributed by atoms with Gasteiger partial charge in [-0.1, -0.05) is 6.92 Å². The van der Waals surface area contributed by atoms with Gasteiger partial charge < -0.3 is 20.4 Å². The monoisotopic (exact) mass is 228 g/mol. The summed E-state index contributed by atoms with van der Waals surface area (Å²) in [7, 11) is 0. The summed E-state index contributed by atoms with van der Waals surface area (Å²) in [5, 5.41) is 22.2. The lowest BCUT2D eigenvalue weighted by Crippen LogP contribution is -2.54. The lowest BCUT2D eigenvalue weighted by atomic mass is 9.92. The third-order valence-corrected chi connectivity index (χ3v) is 3.80. The van der Waals surface area contributed by atoms with Gasteiger partial charge in [0.2, 0.25) is 5.91 Å². The van der Waals surface area contributed by atoms with Crippen molar-refractivity contribution in [1.82, 2.24) is 10.2 Å². The van der Waals surface area contributed by atoms with Crippen LogP contribution >= 0.6 is 0 Å². The van der Waals surface area contributed by atoms with Crippen LogP contribution in [-0.4, -0.2) is 58.4 Å². The smallest absolute Gasteiger partial charge is 0.243 e. The zero-order valence-electron chi connectivity index (χ0n) is 9.65. The van der Waals surface area contributed by atoms with Crippen LogP contribution in [0.5, 0.6) is 0 Å². The molecule has 5 nitrogen and oxygen atoms in total. The van der Waals surface area contributed by atoms with Crippen LogP contribution in [0.4, 0.5) is 0 Å². The number of carbonyl (C=O) groups excluding carboxylic acids is 1. The van der Waals surface area contributed by atoms with Crippen LogP contribution in [-0.2, 0) is 4.79 Å². The number of carbonyl (C=O) groups is 1. The number of nitrogens with zero attached hydrogens (tertiary/aromatic N) is 1. The molecule has 5 heteroatoms. The Hall–Kier alpha value is -0.650. The lowest BCUT2D eigenvalue weighted by Gasteiger charge is -2.31. The topological polar surface area (TPSA) is 72.8 Å². The predicted molar refractivity (Wildman–Crippen MR) is 58.9 cm³/mol. The fourth-order valence-electron chi connectivity index (χ4n) is 2.68. The van der Waals surface area contributed by atoms with Crippen LogP contribution in [0.3, 0.4) is 0 Å². The number of likely N-dealkylation sites (tertiary alicyclic amines) is 1. The van der Waals surface area contributed by atoms with Gasteiger partial charge in [0, 0.05) is 13.1 Å². The highest BCUT2D eigenvalue weighted by molar-refractivity contribution is 5.87. The first-order valence-electron chi connectivity index (χ1n) is 5.99. The van der Waals surface area contributed by atoms with E-state index in [0.717, 1.165) is 25.8 Å². The molecule has 3 N–H and O–H groups in total. The second-order valence-electron chi connectivity index (χ2n) is 4.81. The number of nitrogens with one attached hydrogen (secondary N) is 1. The Morgan fingerprint density at radius 3 is 2.50 bits per heavy atom. The highest BCUT2D eigenvalue weighted by Crippen LogP contribution is 2.27. The normalized spacial score (nSPS) is 39.3. The fraction of sp³-hybridized carbons (Fsp3) is 0.909. The molecule has 2 heterocycles. The predicted octanol–water partition coefficient (Wildman–Crippen LogP) is -0.917. The van der Waals surface area contributed by atoms with Crippen molar-refractivity contribution in [3.8, 4) is 0 Å². The molecule has 16 heavy (non-hydrogen) atoms. The number of hydrogen-bond donors (Lipinski definition) is 3. The average molecular weight is 228 g/mol. The first kappa shape index (κ1) is 11.8. The van der Waals surface area contributed by atoms with E-state index in [9.17, 15) is 15.0 Å². The van der Waals surface area contributed by atoms with E-state index in [-0.39, 0.29) is 19.0 Å². The Labute approximate surface area is 95.4 Å². The van der Waals surface area contributed by atoms with Crippen LogP contribution in [0.1, 0.15) is 26.2 Å². The van der Waals surface area contributed by atoms with Crippen molar-refractivity contribution < 1.29 is 15.0 Å². The van der Waals surface area contributed by atoms with Crippen molar-refractivity contribution in [3.63, 3.8) is 0 Å². The molecule has 2 aliphatic rings. The van der Waals surface area contributed by atoms with Gasteiger partial charge in [0.1, 0.15) is 0 Å². The maximum atomic E-state index is 12.3. The third kappa shape index (κ3) is 1.83. The largest absolute Gasteiger partial charge is 0.388 e. The lowest BCUT2D eigenvalue weighted by molar-refractivity contribution is -0.137. The van der Waals surface area contributed by atoms with Crippen molar-refractivity contribution in [2.75, 3.05) is 19.6 Å². The zero-order chi connectivity index (χ0) is 11.8. The molecule has 0 aromatic carbocycles. The molecule has 0 aromatic rings. The Morgan fingerprint density at radius 1 is 1.44 bits per heavy atom. The van der Waals surface area contributed by atoms with E-state index in [0.29, 0.717) is 0 Å². The first-order chi connectivity index (χ1) is 7.59. The van der Waals surface area contributed by atoms with Gasteiger partial charge in [0.25, 0.3) is 0 Å². The molecule has 0 bridgehead atoms. The van der Waals surface area contributed by atoms with Gasteiger partial charge in [-0.15, -0.1) is 0 Å². The highest BCUT2D eigenvalue weighted by Gasteiger charge is 2.45. The van der Waals surface area contributed by atoms with Crippen molar-refractivity contribution in [1.29, 1.82) is 0 Å². The minimum absolute atomic E-state index is 0.0306. The second-order valence-corrected chi connectivity index (χ2v) is 4.81. The number of amides is 1. The summed E-state index contributed by atoms with van der Waals surface area (Å²) < 4.78 is 0. The molecule has 92 valence electrons. The molecular weight excluding hydrogens is 208 g/mol. The summed E-state index contributed by atoms with van der Waals surface area (Å²) in [6.07, 6.45) is 1.04. The standard InChI is InChI=1S/C11H20N2O3/c1-2-11(4-3-5-12-11)10(16)13-6-8(14)9(15)7-13/h8-9,12,14-15H,2-7H2,1H3/t8-,9+,11?. The van der Waals surface area contributed by atoms with Gasteiger partial charge >= 0.3 is 0 Å². The highest BCUT2D eigenvalue weighted by atomic mass is 16.3. The summed E-state index contributed by atoms with van der Waals surface area (Å²) in [6, 6.07) is 0. The molecule has 0 aromatic heterocycles. The number of aliphatic hydroxyl groups is 2. The van der Waals surface area contributed by atoms with Gasteiger partial charge in [-0.2, -0.15) is 0 Å². The third-order valence-electron chi connectivity index (χ3n) is 3.80. The van der Waals surface area contributed by atoms with E-state index in [2.05, 4.69) is 5.32 Å². The molecule has 0 spiro atoms. The average Bonchev–Trinajstić information content (AvgIpc) is 2.87. The van der Waals surface area contributed by atoms with Crippen molar-refractivity contribution in [3.05, 3.63) is 0 Å². The van der Waals surface area contributed by atoms with E-state index in [1.54, 1.807) is 4.90 Å². The Morgan fingerprint density at radius 2 is 2.06 bits per heavy atom. The van der Waals surface area contributed by atoms with E-state index >= 15 is 0 Å². The van der Waals surface area contributed by atoms with Gasteiger partial charge in [-0.05, 0) is 25.8 Å². The summed E-state index contributed by atoms with van der Waals surface area (Å²) >= 11 is 0. The summed E-state index contributed by atoms with van der Waals surface area (Å²) in [5.74, 6) is 0.0306. The number of rotatable bonds is 2. The van der Waals surface area contributed by atoms with Crippen molar-refractivity contribution in [2.45, 2.75) is 43.9 Å². The maximum Gasteiger partial charge on any atom is 0.243 e. The Kier molecular flexibility index (Phi) is 3.19. The molecular formula is C11H20N2O3. The van der Waals surface area contributed by atoms with Crippen LogP contribution in [0.15, 0.2) is 0 Å². The molecule has 1 amide bonds. The molecule has 2 fully saturated rings. The zero-order valence-corrected chi connectivity index (χ0v) is 9.65. The molecule has 2 rings (SSSR count). The summed E-state index contributed by atoms with van der Waals surface area (Å²) in [5.41, 5.74) is -0.455. The molecule has 1 unspecified atom stereocenters. The maximum absolute atomic E-state index is 12.3. The Balaban J connectivity index is 2.07. The molecule has 3 atom stereocenters. The fourth-order valence-corrected chi connectivity index (χ4v) is 2.68. The minimum Gasteiger partial charge on any atom is -0.388 e. The van der Waals surface area contributed by atoms with E-state index in [4.69, 9.17) is 0 Å². The van der Waals surface area contributed by atoms with E-state index < -0.39 is 17.7 Å². The SMILES string of the molecule is CCC1(C(=O)N2C[C@@H](O)[C@@H](O)C2)CCCN1. The van der Waals surface area contributed by atoms with Crippen LogP contribution in [0.25, 0.3) is 0 Å². The van der Waals surface area contributed by atoms with Crippen LogP contribution < -0.4 is 5.32 Å². The summed E-state index contributed by atoms with van der Waals surface area (Å²) in [4.78, 5) is 13.9. The van der Waals surface area contributed by atoms with Crippen LogP contribution in [0.2, 0.25) is 0 Å². The van der Waals surface area contributed by atoms with Crippen molar-refractivity contribution in [2.24, 2.45) is 0 Å². The van der Waals surface area contributed by atoms with E-state index in [1.165, 1.54) is 0 Å². The molecule has 0 radical (unpaired) electrons. The quantitative estimate of drug-likeness (QED) is 0.572. The molecule has 2 saturated heterocycles. The number of aliphatic hydroxyl groups excluding tert-OH is 2. The van der Waals surface area contributed by atoms with E-state index in [1.807, 2.05) is 6.92 Å². The molecule has 0 aliphatic carbocycles. The number of β-amino-alcohol motifs (C(OH)–C–C–N with tert-alkyl or cyclic N) is 2. The summed E-state index contributed by atoms with van der Waals surface area (Å²) in [6.45, 7) is 3.38. The van der Waals surface area contributed by atoms with Crippen LogP contribution in [0, 0.1) is 0 Å². The van der Waals surface area contributed by atoms with Crippen molar-refractivity contribution >= 4 is 5.91 Å². The molecule has 2 aliphatic heterocycles. The van der Waals surface area contributed by atoms with Gasteiger partial charge in [0.05, 0.1) is 17.7 Å². The second kappa shape index (κ2) is 4.31.